The lowest BCUT2D eigenvalue weighted by molar-refractivity contribution is -0.140. The Kier molecular flexibility index (Phi) is 3.93. The van der Waals surface area contributed by atoms with E-state index in [-0.39, 0.29) is 17.0 Å². The smallest absolute Gasteiger partial charge is 0.277 e. The first-order valence-electron chi connectivity index (χ1n) is 5.68. The van der Waals surface area contributed by atoms with Crippen molar-refractivity contribution in [2.45, 2.75) is 25.5 Å². The highest BCUT2D eigenvalue weighted by Crippen LogP contribution is 2.16. The fraction of sp³-hybridized carbons (Fsp3) is 0.545. The quantitative estimate of drug-likeness (QED) is 0.856. The number of ether oxygens (including phenoxy) is 1. The number of carbonyl (C=O) groups is 2. The van der Waals surface area contributed by atoms with E-state index < -0.39 is 5.91 Å². The molecule has 1 aromatic heterocycles. The zero-order chi connectivity index (χ0) is 13.1. The first-order valence-corrected chi connectivity index (χ1v) is 6.56. The van der Waals surface area contributed by atoms with Crippen molar-refractivity contribution in [3.8, 4) is 0 Å². The summed E-state index contributed by atoms with van der Waals surface area (Å²) >= 11 is 1.19. The number of hydrogen-bond donors (Lipinski definition) is 1. The number of hydrogen-bond acceptors (Lipinski definition) is 5. The van der Waals surface area contributed by atoms with E-state index >= 15 is 0 Å². The third-order valence-electron chi connectivity index (χ3n) is 2.74. The van der Waals surface area contributed by atoms with Crippen LogP contribution in [0.15, 0.2) is 5.38 Å². The topological polar surface area (TPSA) is 85.5 Å². The van der Waals surface area contributed by atoms with Crippen LogP contribution in [-0.2, 0) is 16.1 Å². The Morgan fingerprint density at radius 2 is 2.44 bits per heavy atom. The first kappa shape index (κ1) is 13.0. The van der Waals surface area contributed by atoms with E-state index in [1.807, 2.05) is 0 Å². The Hall–Kier alpha value is -1.47. The van der Waals surface area contributed by atoms with Gasteiger partial charge in [-0.1, -0.05) is 0 Å². The summed E-state index contributed by atoms with van der Waals surface area (Å²) in [5, 5.41) is 2.00. The molecule has 1 atom stereocenters. The number of likely N-dealkylation sites (N-methyl/N-ethyl adjacent to an activating group) is 1. The lowest BCUT2D eigenvalue weighted by Gasteiger charge is -2.19. The van der Waals surface area contributed by atoms with Gasteiger partial charge >= 0.3 is 0 Å². The fourth-order valence-corrected chi connectivity index (χ4v) is 2.49. The van der Waals surface area contributed by atoms with E-state index in [0.29, 0.717) is 18.8 Å². The van der Waals surface area contributed by atoms with Crippen molar-refractivity contribution in [1.29, 1.82) is 0 Å². The van der Waals surface area contributed by atoms with Gasteiger partial charge in [-0.05, 0) is 12.8 Å². The molecular weight excluding hydrogens is 254 g/mol. The molecule has 1 fully saturated rings. The maximum atomic E-state index is 12.0. The molecule has 6 nitrogen and oxygen atoms in total. The summed E-state index contributed by atoms with van der Waals surface area (Å²) in [5.74, 6) is -0.583. The number of nitrogens with zero attached hydrogens (tertiary/aromatic N) is 2. The van der Waals surface area contributed by atoms with Crippen molar-refractivity contribution in [2.75, 3.05) is 13.7 Å². The third kappa shape index (κ3) is 2.85. The zero-order valence-corrected chi connectivity index (χ0v) is 10.9. The Morgan fingerprint density at radius 3 is 3.00 bits per heavy atom. The average Bonchev–Trinajstić information content (AvgIpc) is 2.98. The highest BCUT2D eigenvalue weighted by atomic mass is 32.1. The van der Waals surface area contributed by atoms with Crippen LogP contribution in [0.5, 0.6) is 0 Å². The molecule has 0 aliphatic carbocycles. The van der Waals surface area contributed by atoms with Crippen LogP contribution in [0.4, 0.5) is 0 Å². The van der Waals surface area contributed by atoms with Crippen LogP contribution in [0.25, 0.3) is 0 Å². The standard InChI is InChI=1S/C11H15N3O3S/c1-14(11(16)8-3-2-4-17-8)5-7-6-18-10(13-7)9(12)15/h6,8H,2-5H2,1H3,(H2,12,15)/t8-/m1/s1. The second-order valence-corrected chi connectivity index (χ2v) is 5.06. The second kappa shape index (κ2) is 5.45. The molecule has 98 valence electrons. The van der Waals surface area contributed by atoms with Gasteiger partial charge in [-0.2, -0.15) is 0 Å². The van der Waals surface area contributed by atoms with Crippen LogP contribution in [0.1, 0.15) is 28.3 Å². The van der Waals surface area contributed by atoms with Gasteiger partial charge in [-0.15, -0.1) is 11.3 Å². The van der Waals surface area contributed by atoms with Gasteiger partial charge in [-0.25, -0.2) is 4.98 Å². The number of primary amides is 1. The molecule has 18 heavy (non-hydrogen) atoms. The molecule has 0 spiro atoms. The summed E-state index contributed by atoms with van der Waals surface area (Å²) in [7, 11) is 1.70. The molecule has 2 amide bonds. The predicted molar refractivity (Wildman–Crippen MR) is 66.1 cm³/mol. The average molecular weight is 269 g/mol. The molecule has 1 saturated heterocycles. The molecule has 2 N–H and O–H groups in total. The summed E-state index contributed by atoms with van der Waals surface area (Å²) in [4.78, 5) is 28.5. The molecule has 0 saturated carbocycles. The molecule has 1 aromatic rings. The van der Waals surface area contributed by atoms with Gasteiger partial charge in [0.1, 0.15) is 6.10 Å². The predicted octanol–water partition coefficient (Wildman–Crippen LogP) is 0.379. The molecule has 2 rings (SSSR count). The van der Waals surface area contributed by atoms with Gasteiger partial charge < -0.3 is 15.4 Å². The number of rotatable bonds is 4. The van der Waals surface area contributed by atoms with Crippen LogP contribution in [0.3, 0.4) is 0 Å². The van der Waals surface area contributed by atoms with Gasteiger partial charge in [0.25, 0.3) is 11.8 Å². The number of nitrogens with two attached hydrogens (primary N) is 1. The number of amides is 2. The van der Waals surface area contributed by atoms with E-state index in [2.05, 4.69) is 4.98 Å². The molecular formula is C11H15N3O3S. The Morgan fingerprint density at radius 1 is 1.67 bits per heavy atom. The van der Waals surface area contributed by atoms with Gasteiger partial charge in [-0.3, -0.25) is 9.59 Å². The number of carbonyl (C=O) groups excluding carboxylic acids is 2. The molecule has 1 aliphatic heterocycles. The Balaban J connectivity index is 1.95. The van der Waals surface area contributed by atoms with Crippen LogP contribution in [0, 0.1) is 0 Å². The maximum absolute atomic E-state index is 12.0. The zero-order valence-electron chi connectivity index (χ0n) is 10.1. The molecule has 1 aliphatic rings. The monoisotopic (exact) mass is 269 g/mol. The Bertz CT molecular complexity index is 454. The van der Waals surface area contributed by atoms with Gasteiger partial charge in [0.15, 0.2) is 5.01 Å². The van der Waals surface area contributed by atoms with Crippen LogP contribution in [0.2, 0.25) is 0 Å². The van der Waals surface area contributed by atoms with Gasteiger partial charge in [0.05, 0.1) is 12.2 Å². The van der Waals surface area contributed by atoms with E-state index in [4.69, 9.17) is 10.5 Å². The first-order chi connectivity index (χ1) is 8.58. The normalized spacial score (nSPS) is 18.8. The molecule has 2 heterocycles. The van der Waals surface area contributed by atoms with Crippen LogP contribution >= 0.6 is 11.3 Å². The van der Waals surface area contributed by atoms with Crippen molar-refractivity contribution in [2.24, 2.45) is 5.73 Å². The fourth-order valence-electron chi connectivity index (χ4n) is 1.83. The van der Waals surface area contributed by atoms with Gasteiger partial charge in [0, 0.05) is 19.0 Å². The van der Waals surface area contributed by atoms with Crippen molar-refractivity contribution >= 4 is 23.2 Å². The maximum Gasteiger partial charge on any atom is 0.277 e. The summed E-state index contributed by atoms with van der Waals surface area (Å²) in [6.07, 6.45) is 1.36. The molecule has 0 radical (unpaired) electrons. The number of aromatic nitrogens is 1. The Labute approximate surface area is 109 Å². The molecule has 7 heteroatoms. The van der Waals surface area contributed by atoms with Crippen molar-refractivity contribution < 1.29 is 14.3 Å². The summed E-state index contributed by atoms with van der Waals surface area (Å²) in [6.45, 7) is 1.01. The highest BCUT2D eigenvalue weighted by molar-refractivity contribution is 7.11. The summed E-state index contributed by atoms with van der Waals surface area (Å²) in [5.41, 5.74) is 5.79. The van der Waals surface area contributed by atoms with Crippen molar-refractivity contribution in [1.82, 2.24) is 9.88 Å². The summed E-state index contributed by atoms with van der Waals surface area (Å²) in [6, 6.07) is 0. The third-order valence-corrected chi connectivity index (χ3v) is 3.65. The molecule has 0 unspecified atom stereocenters. The van der Waals surface area contributed by atoms with E-state index in [0.717, 1.165) is 12.8 Å². The number of thiazole rings is 1. The van der Waals surface area contributed by atoms with Crippen molar-refractivity contribution in [3.63, 3.8) is 0 Å². The van der Waals surface area contributed by atoms with E-state index in [1.54, 1.807) is 17.3 Å². The SMILES string of the molecule is CN(Cc1csc(C(N)=O)n1)C(=O)[C@H]1CCCO1. The van der Waals surface area contributed by atoms with E-state index in [9.17, 15) is 9.59 Å². The molecule has 0 bridgehead atoms. The minimum absolute atomic E-state index is 0.0406. The lowest BCUT2D eigenvalue weighted by atomic mass is 10.2. The van der Waals surface area contributed by atoms with E-state index in [1.165, 1.54) is 11.3 Å². The summed E-state index contributed by atoms with van der Waals surface area (Å²) < 4.78 is 5.33. The second-order valence-electron chi connectivity index (χ2n) is 4.20. The van der Waals surface area contributed by atoms with Crippen LogP contribution in [-0.4, -0.2) is 41.5 Å². The van der Waals surface area contributed by atoms with Crippen LogP contribution < -0.4 is 5.73 Å². The van der Waals surface area contributed by atoms with Gasteiger partial charge in [0.2, 0.25) is 0 Å². The lowest BCUT2D eigenvalue weighted by Crippen LogP contribution is -2.35. The van der Waals surface area contributed by atoms with Crippen molar-refractivity contribution in [3.05, 3.63) is 16.1 Å². The largest absolute Gasteiger partial charge is 0.368 e. The minimum atomic E-state index is -0.542. The molecule has 0 aromatic carbocycles. The highest BCUT2D eigenvalue weighted by Gasteiger charge is 2.26. The minimum Gasteiger partial charge on any atom is -0.368 e.